The first-order chi connectivity index (χ1) is 11.0. The van der Waals surface area contributed by atoms with Crippen molar-refractivity contribution in [3.8, 4) is 11.5 Å². The third kappa shape index (κ3) is 4.37. The summed E-state index contributed by atoms with van der Waals surface area (Å²) >= 11 is 6.19. The van der Waals surface area contributed by atoms with Crippen LogP contribution in [0.4, 0.5) is 0 Å². The molecule has 0 saturated heterocycles. The van der Waals surface area contributed by atoms with Crippen molar-refractivity contribution in [2.45, 2.75) is 20.1 Å². The highest BCUT2D eigenvalue weighted by molar-refractivity contribution is 6.32. The number of rotatable bonds is 7. The summed E-state index contributed by atoms with van der Waals surface area (Å²) in [5, 5.41) is 18.6. The molecule has 0 aliphatic rings. The highest BCUT2D eigenvalue weighted by Gasteiger charge is 2.13. The molecule has 2 aromatic carbocycles. The van der Waals surface area contributed by atoms with Crippen LogP contribution in [0.2, 0.25) is 5.02 Å². The number of carbonyl (C=O) groups is 1. The van der Waals surface area contributed by atoms with Crippen LogP contribution in [0.3, 0.4) is 0 Å². The number of aromatic carboxylic acids is 1. The molecule has 0 atom stereocenters. The number of aliphatic hydroxyl groups is 1. The van der Waals surface area contributed by atoms with Crippen molar-refractivity contribution in [2.75, 3.05) is 6.61 Å². The summed E-state index contributed by atoms with van der Waals surface area (Å²) in [7, 11) is 0. The van der Waals surface area contributed by atoms with Gasteiger partial charge in [-0.05, 0) is 42.3 Å². The molecule has 0 fully saturated rings. The summed E-state index contributed by atoms with van der Waals surface area (Å²) < 4.78 is 11.2. The fourth-order valence-electron chi connectivity index (χ4n) is 2.07. The molecule has 0 heterocycles. The number of hydrogen-bond donors (Lipinski definition) is 2. The number of hydrogen-bond acceptors (Lipinski definition) is 4. The molecule has 0 amide bonds. The first kappa shape index (κ1) is 17.1. The van der Waals surface area contributed by atoms with Gasteiger partial charge in [-0.1, -0.05) is 23.7 Å². The van der Waals surface area contributed by atoms with Crippen molar-refractivity contribution in [3.63, 3.8) is 0 Å². The van der Waals surface area contributed by atoms with E-state index in [9.17, 15) is 9.90 Å². The highest BCUT2D eigenvalue weighted by Crippen LogP contribution is 2.37. The van der Waals surface area contributed by atoms with Crippen LogP contribution in [-0.4, -0.2) is 22.8 Å². The minimum absolute atomic E-state index is 0.152. The van der Waals surface area contributed by atoms with Crippen LogP contribution in [0.1, 0.15) is 28.4 Å². The van der Waals surface area contributed by atoms with Crippen molar-refractivity contribution in [1.82, 2.24) is 0 Å². The van der Waals surface area contributed by atoms with Crippen LogP contribution in [-0.2, 0) is 13.2 Å². The van der Waals surface area contributed by atoms with Gasteiger partial charge in [0.2, 0.25) is 0 Å². The van der Waals surface area contributed by atoms with E-state index in [1.54, 1.807) is 30.3 Å². The minimum atomic E-state index is -0.993. The largest absolute Gasteiger partial charge is 0.490 e. The van der Waals surface area contributed by atoms with Crippen LogP contribution in [0, 0.1) is 0 Å². The third-order valence-electron chi connectivity index (χ3n) is 3.11. The van der Waals surface area contributed by atoms with Crippen LogP contribution >= 0.6 is 11.6 Å². The van der Waals surface area contributed by atoms with Gasteiger partial charge in [-0.3, -0.25) is 0 Å². The Morgan fingerprint density at radius 3 is 2.61 bits per heavy atom. The van der Waals surface area contributed by atoms with Crippen molar-refractivity contribution < 1.29 is 24.5 Å². The number of halogens is 1. The normalized spacial score (nSPS) is 10.4. The summed E-state index contributed by atoms with van der Waals surface area (Å²) in [6.07, 6.45) is 0. The molecule has 122 valence electrons. The smallest absolute Gasteiger partial charge is 0.335 e. The van der Waals surface area contributed by atoms with E-state index in [4.69, 9.17) is 26.2 Å². The van der Waals surface area contributed by atoms with Crippen LogP contribution < -0.4 is 9.47 Å². The van der Waals surface area contributed by atoms with Gasteiger partial charge in [-0.25, -0.2) is 4.79 Å². The van der Waals surface area contributed by atoms with Crippen molar-refractivity contribution in [2.24, 2.45) is 0 Å². The van der Waals surface area contributed by atoms with Crippen LogP contribution in [0.25, 0.3) is 0 Å². The van der Waals surface area contributed by atoms with Gasteiger partial charge < -0.3 is 19.7 Å². The zero-order chi connectivity index (χ0) is 16.8. The number of aliphatic hydroxyl groups excluding tert-OH is 1. The molecule has 2 rings (SSSR count). The Balaban J connectivity index is 2.22. The van der Waals surface area contributed by atoms with E-state index in [1.807, 2.05) is 6.92 Å². The summed E-state index contributed by atoms with van der Waals surface area (Å²) in [6, 6.07) is 9.75. The lowest BCUT2D eigenvalue weighted by atomic mass is 10.1. The predicted molar refractivity (Wildman–Crippen MR) is 86.3 cm³/mol. The molecule has 0 bridgehead atoms. The van der Waals surface area contributed by atoms with Crippen molar-refractivity contribution in [1.29, 1.82) is 0 Å². The molecule has 0 unspecified atom stereocenters. The van der Waals surface area contributed by atoms with E-state index < -0.39 is 5.97 Å². The Hall–Kier alpha value is -2.24. The highest BCUT2D eigenvalue weighted by atomic mass is 35.5. The third-order valence-corrected chi connectivity index (χ3v) is 3.39. The van der Waals surface area contributed by atoms with E-state index in [1.165, 1.54) is 6.07 Å². The average molecular weight is 337 g/mol. The van der Waals surface area contributed by atoms with E-state index in [0.29, 0.717) is 34.3 Å². The molecule has 5 nitrogen and oxygen atoms in total. The maximum Gasteiger partial charge on any atom is 0.335 e. The van der Waals surface area contributed by atoms with Gasteiger partial charge in [0.1, 0.15) is 6.61 Å². The minimum Gasteiger partial charge on any atom is -0.490 e. The van der Waals surface area contributed by atoms with Crippen LogP contribution in [0.15, 0.2) is 36.4 Å². The molecule has 0 aromatic heterocycles. The average Bonchev–Trinajstić information content (AvgIpc) is 2.54. The number of benzene rings is 2. The summed E-state index contributed by atoms with van der Waals surface area (Å²) in [4.78, 5) is 11.0. The van der Waals surface area contributed by atoms with Gasteiger partial charge in [-0.2, -0.15) is 0 Å². The number of ether oxygens (including phenoxy) is 2. The van der Waals surface area contributed by atoms with E-state index in [2.05, 4.69) is 0 Å². The Morgan fingerprint density at radius 1 is 1.17 bits per heavy atom. The zero-order valence-electron chi connectivity index (χ0n) is 12.6. The second-order valence-electron chi connectivity index (χ2n) is 4.79. The maximum atomic E-state index is 11.0. The lowest BCUT2D eigenvalue weighted by molar-refractivity contribution is 0.0696. The van der Waals surface area contributed by atoms with Crippen molar-refractivity contribution in [3.05, 3.63) is 58.1 Å². The molecule has 2 aromatic rings. The fraction of sp³-hybridized carbons (Fsp3) is 0.235. The number of carboxylic acids is 1. The summed E-state index contributed by atoms with van der Waals surface area (Å²) in [5.41, 5.74) is 1.52. The lowest BCUT2D eigenvalue weighted by Gasteiger charge is -2.15. The maximum absolute atomic E-state index is 11.0. The zero-order valence-corrected chi connectivity index (χ0v) is 13.3. The first-order valence-electron chi connectivity index (χ1n) is 7.06. The topological polar surface area (TPSA) is 76.0 Å². The Labute approximate surface area is 139 Å². The molecular weight excluding hydrogens is 320 g/mol. The second kappa shape index (κ2) is 7.85. The van der Waals surface area contributed by atoms with Gasteiger partial charge in [0.25, 0.3) is 0 Å². The number of carboxylic acid groups (broad SMARTS) is 1. The van der Waals surface area contributed by atoms with E-state index >= 15 is 0 Å². The molecule has 23 heavy (non-hydrogen) atoms. The fourth-order valence-corrected chi connectivity index (χ4v) is 2.35. The molecule has 0 aliphatic carbocycles. The van der Waals surface area contributed by atoms with Gasteiger partial charge >= 0.3 is 5.97 Å². The monoisotopic (exact) mass is 336 g/mol. The van der Waals surface area contributed by atoms with Gasteiger partial charge in [0.05, 0.1) is 23.8 Å². The van der Waals surface area contributed by atoms with Gasteiger partial charge in [-0.15, -0.1) is 0 Å². The molecule has 2 N–H and O–H groups in total. The molecule has 0 aliphatic heterocycles. The molecule has 0 radical (unpaired) electrons. The first-order valence-corrected chi connectivity index (χ1v) is 7.44. The van der Waals surface area contributed by atoms with E-state index in [0.717, 1.165) is 0 Å². The Morgan fingerprint density at radius 2 is 1.96 bits per heavy atom. The standard InChI is InChI=1S/C17H17ClO5/c1-2-22-15-8-12(9-19)7-14(18)16(15)23-10-11-4-3-5-13(6-11)17(20)21/h3-8,19H,2,9-10H2,1H3,(H,20,21). The molecular formula is C17H17ClO5. The Bertz CT molecular complexity index is 699. The SMILES string of the molecule is CCOc1cc(CO)cc(Cl)c1OCc1cccc(C(=O)O)c1. The summed E-state index contributed by atoms with van der Waals surface area (Å²) in [5.74, 6) is -0.183. The van der Waals surface area contributed by atoms with Crippen molar-refractivity contribution >= 4 is 17.6 Å². The van der Waals surface area contributed by atoms with Gasteiger partial charge in [0.15, 0.2) is 11.5 Å². The van der Waals surface area contributed by atoms with Crippen LogP contribution in [0.5, 0.6) is 11.5 Å². The Kier molecular flexibility index (Phi) is 5.84. The molecule has 0 saturated carbocycles. The van der Waals surface area contributed by atoms with E-state index in [-0.39, 0.29) is 18.8 Å². The predicted octanol–water partition coefficient (Wildman–Crippen LogP) is 3.51. The summed E-state index contributed by atoms with van der Waals surface area (Å²) in [6.45, 7) is 2.26. The molecule has 0 spiro atoms. The molecule has 6 heteroatoms. The van der Waals surface area contributed by atoms with Gasteiger partial charge in [0, 0.05) is 0 Å². The lowest BCUT2D eigenvalue weighted by Crippen LogP contribution is -2.03. The quantitative estimate of drug-likeness (QED) is 0.809. The second-order valence-corrected chi connectivity index (χ2v) is 5.20.